The highest BCUT2D eigenvalue weighted by atomic mass is 16.5. The zero-order chi connectivity index (χ0) is 15.4. The molecule has 2 aliphatic carbocycles. The number of hydrogen-bond acceptors (Lipinski definition) is 4. The van der Waals surface area contributed by atoms with E-state index in [0.717, 1.165) is 49.6 Å². The lowest BCUT2D eigenvalue weighted by atomic mass is 9.90. The van der Waals surface area contributed by atoms with Gasteiger partial charge in [0.1, 0.15) is 5.76 Å². The van der Waals surface area contributed by atoms with Crippen molar-refractivity contribution in [1.82, 2.24) is 5.32 Å². The molecule has 0 radical (unpaired) electrons. The van der Waals surface area contributed by atoms with Gasteiger partial charge < -0.3 is 20.9 Å². The average molecular weight is 304 g/mol. The molecule has 0 bridgehead atoms. The van der Waals surface area contributed by atoms with Crippen LogP contribution < -0.4 is 11.1 Å². The first-order valence-electron chi connectivity index (χ1n) is 8.52. The molecule has 2 unspecified atom stereocenters. The summed E-state index contributed by atoms with van der Waals surface area (Å²) in [6, 6.07) is 0. The lowest BCUT2D eigenvalue weighted by molar-refractivity contribution is 0.200. The standard InChI is InChI=1S/C18H28N2O2/c19-18(12-17(18)15-6-9-20-10-7-15)8-11-22-16-3-1-2-14(13-21)4-5-16/h2-5,15,17,20-21H,1,6-13,19H2. The van der Waals surface area contributed by atoms with Crippen molar-refractivity contribution in [2.45, 2.75) is 37.6 Å². The highest BCUT2D eigenvalue weighted by molar-refractivity contribution is 5.29. The van der Waals surface area contributed by atoms with Crippen molar-refractivity contribution in [3.63, 3.8) is 0 Å². The third-order valence-corrected chi connectivity index (χ3v) is 5.31. The van der Waals surface area contributed by atoms with Crippen LogP contribution in [0, 0.1) is 11.8 Å². The summed E-state index contributed by atoms with van der Waals surface area (Å²) in [6.45, 7) is 3.06. The van der Waals surface area contributed by atoms with Crippen molar-refractivity contribution in [2.24, 2.45) is 17.6 Å². The Hall–Kier alpha value is -1.10. The lowest BCUT2D eigenvalue weighted by Crippen LogP contribution is -2.34. The van der Waals surface area contributed by atoms with E-state index < -0.39 is 0 Å². The maximum absolute atomic E-state index is 9.14. The number of nitrogens with two attached hydrogens (primary N) is 1. The Labute approximate surface area is 133 Å². The number of ether oxygens (including phenoxy) is 1. The molecule has 0 aromatic rings. The molecule has 4 heteroatoms. The number of aliphatic hydroxyl groups excluding tert-OH is 1. The topological polar surface area (TPSA) is 67.5 Å². The Morgan fingerprint density at radius 3 is 2.86 bits per heavy atom. The van der Waals surface area contributed by atoms with Crippen LogP contribution in [0.2, 0.25) is 0 Å². The zero-order valence-corrected chi connectivity index (χ0v) is 13.3. The molecule has 0 amide bonds. The van der Waals surface area contributed by atoms with Crippen LogP contribution in [0.5, 0.6) is 0 Å². The van der Waals surface area contributed by atoms with Crippen molar-refractivity contribution < 1.29 is 9.84 Å². The monoisotopic (exact) mass is 304 g/mol. The van der Waals surface area contributed by atoms with Gasteiger partial charge in [-0.3, -0.25) is 0 Å². The van der Waals surface area contributed by atoms with Gasteiger partial charge in [-0.25, -0.2) is 0 Å². The largest absolute Gasteiger partial charge is 0.494 e. The Bertz CT molecular complexity index is 477. The molecule has 1 saturated carbocycles. The molecule has 3 aliphatic rings. The molecule has 1 aliphatic heterocycles. The maximum atomic E-state index is 9.14. The van der Waals surface area contributed by atoms with E-state index >= 15 is 0 Å². The van der Waals surface area contributed by atoms with E-state index in [1.54, 1.807) is 0 Å². The summed E-state index contributed by atoms with van der Waals surface area (Å²) in [5, 5.41) is 12.6. The van der Waals surface area contributed by atoms with E-state index in [2.05, 4.69) is 11.4 Å². The smallest absolute Gasteiger partial charge is 0.115 e. The van der Waals surface area contributed by atoms with Crippen molar-refractivity contribution in [3.8, 4) is 0 Å². The average Bonchev–Trinajstić information content (AvgIpc) is 3.27. The number of piperidine rings is 1. The number of aliphatic hydroxyl groups is 1. The van der Waals surface area contributed by atoms with Gasteiger partial charge in [0.2, 0.25) is 0 Å². The normalized spacial score (nSPS) is 32.2. The Morgan fingerprint density at radius 2 is 2.09 bits per heavy atom. The molecule has 3 rings (SSSR count). The minimum absolute atomic E-state index is 0.00548. The Morgan fingerprint density at radius 1 is 1.27 bits per heavy atom. The third-order valence-electron chi connectivity index (χ3n) is 5.31. The summed E-state index contributed by atoms with van der Waals surface area (Å²) >= 11 is 0. The molecule has 122 valence electrons. The minimum Gasteiger partial charge on any atom is -0.494 e. The van der Waals surface area contributed by atoms with Crippen molar-refractivity contribution in [2.75, 3.05) is 26.3 Å². The summed E-state index contributed by atoms with van der Waals surface area (Å²) < 4.78 is 5.87. The van der Waals surface area contributed by atoms with Crippen molar-refractivity contribution in [1.29, 1.82) is 0 Å². The van der Waals surface area contributed by atoms with Gasteiger partial charge >= 0.3 is 0 Å². The molecule has 0 aromatic carbocycles. The van der Waals surface area contributed by atoms with Crippen molar-refractivity contribution >= 4 is 0 Å². The number of nitrogens with one attached hydrogen (secondary N) is 1. The van der Waals surface area contributed by atoms with Gasteiger partial charge in [0.25, 0.3) is 0 Å². The molecule has 4 nitrogen and oxygen atoms in total. The summed E-state index contributed by atoms with van der Waals surface area (Å²) in [4.78, 5) is 0. The fraction of sp³-hybridized carbons (Fsp3) is 0.667. The second-order valence-electron chi connectivity index (χ2n) is 6.84. The SMILES string of the molecule is NC1(CCOC2=CCC=C(CO)C=C2)CC1C1CCNCC1. The molecule has 0 aromatic heterocycles. The van der Waals surface area contributed by atoms with Crippen LogP contribution in [0.1, 0.15) is 32.1 Å². The summed E-state index contributed by atoms with van der Waals surface area (Å²) in [5.41, 5.74) is 7.48. The van der Waals surface area contributed by atoms with Gasteiger partial charge in [0.15, 0.2) is 0 Å². The first kappa shape index (κ1) is 15.8. The number of rotatable bonds is 6. The Kier molecular flexibility index (Phi) is 5.01. The molecular formula is C18H28N2O2. The van der Waals surface area contributed by atoms with Gasteiger partial charge in [-0.1, -0.05) is 12.2 Å². The van der Waals surface area contributed by atoms with Gasteiger partial charge in [0.05, 0.1) is 13.2 Å². The highest BCUT2D eigenvalue weighted by Gasteiger charge is 2.53. The first-order valence-corrected chi connectivity index (χ1v) is 8.52. The summed E-state index contributed by atoms with van der Waals surface area (Å²) in [7, 11) is 0. The fourth-order valence-electron chi connectivity index (χ4n) is 3.76. The fourth-order valence-corrected chi connectivity index (χ4v) is 3.76. The third kappa shape index (κ3) is 3.80. The highest BCUT2D eigenvalue weighted by Crippen LogP contribution is 2.51. The number of hydrogen-bond donors (Lipinski definition) is 3. The molecule has 22 heavy (non-hydrogen) atoms. The van der Waals surface area contributed by atoms with Gasteiger partial charge in [-0.15, -0.1) is 0 Å². The molecule has 2 fully saturated rings. The summed E-state index contributed by atoms with van der Waals surface area (Å²) in [5.74, 6) is 2.39. The van der Waals surface area contributed by atoms with Crippen LogP contribution in [-0.2, 0) is 4.74 Å². The van der Waals surface area contributed by atoms with Gasteiger partial charge in [-0.05, 0) is 74.8 Å². The van der Waals surface area contributed by atoms with Crippen LogP contribution in [0.15, 0.2) is 35.6 Å². The second-order valence-corrected chi connectivity index (χ2v) is 6.84. The van der Waals surface area contributed by atoms with E-state index in [9.17, 15) is 0 Å². The van der Waals surface area contributed by atoms with E-state index in [1.165, 1.54) is 12.8 Å². The van der Waals surface area contributed by atoms with Crippen LogP contribution in [0.4, 0.5) is 0 Å². The minimum atomic E-state index is 0.00548. The van der Waals surface area contributed by atoms with Crippen LogP contribution >= 0.6 is 0 Å². The Balaban J connectivity index is 1.41. The van der Waals surface area contributed by atoms with Gasteiger partial charge in [0, 0.05) is 5.54 Å². The second kappa shape index (κ2) is 6.99. The predicted molar refractivity (Wildman–Crippen MR) is 88.2 cm³/mol. The lowest BCUT2D eigenvalue weighted by Gasteiger charge is -2.24. The molecule has 0 spiro atoms. The van der Waals surface area contributed by atoms with Crippen LogP contribution in [0.25, 0.3) is 0 Å². The van der Waals surface area contributed by atoms with Gasteiger partial charge in [-0.2, -0.15) is 0 Å². The molecule has 2 atom stereocenters. The molecule has 4 N–H and O–H groups in total. The zero-order valence-electron chi connectivity index (χ0n) is 13.3. The summed E-state index contributed by atoms with van der Waals surface area (Å²) in [6.07, 6.45) is 13.4. The van der Waals surface area contributed by atoms with E-state index in [1.807, 2.05) is 18.2 Å². The molecule has 1 heterocycles. The van der Waals surface area contributed by atoms with Crippen LogP contribution in [0.3, 0.4) is 0 Å². The van der Waals surface area contributed by atoms with E-state index in [4.69, 9.17) is 15.6 Å². The molecular weight excluding hydrogens is 276 g/mol. The molecule has 1 saturated heterocycles. The maximum Gasteiger partial charge on any atom is 0.115 e. The van der Waals surface area contributed by atoms with Crippen molar-refractivity contribution in [3.05, 3.63) is 35.6 Å². The van der Waals surface area contributed by atoms with E-state index in [0.29, 0.717) is 12.5 Å². The first-order chi connectivity index (χ1) is 10.7. The quantitative estimate of drug-likeness (QED) is 0.701. The van der Waals surface area contributed by atoms with E-state index in [-0.39, 0.29) is 12.1 Å². The van der Waals surface area contributed by atoms with Crippen LogP contribution in [-0.4, -0.2) is 36.9 Å². The predicted octanol–water partition coefficient (Wildman–Crippen LogP) is 1.87. The number of allylic oxidation sites excluding steroid dienone is 3.